The van der Waals surface area contributed by atoms with E-state index in [1.54, 1.807) is 65.1 Å². The van der Waals surface area contributed by atoms with E-state index in [1.807, 2.05) is 0 Å². The SMILES string of the molecule is C=CC1C[C@]1(NC(=O)[C@@H]1C[C@@H](c2nnn(-c3ccc(OC)cc3)n2)CN1C(=O)OC(C)(C)C)C(=O)OCC. The minimum Gasteiger partial charge on any atom is -0.497 e. The van der Waals surface area contributed by atoms with Gasteiger partial charge in [-0.3, -0.25) is 9.69 Å². The van der Waals surface area contributed by atoms with Crippen molar-refractivity contribution in [2.24, 2.45) is 5.92 Å². The maximum atomic E-state index is 13.5. The first kappa shape index (κ1) is 27.1. The van der Waals surface area contributed by atoms with Crippen molar-refractivity contribution in [3.63, 3.8) is 0 Å². The number of tetrazole rings is 1. The Morgan fingerprint density at radius 3 is 2.53 bits per heavy atom. The van der Waals surface area contributed by atoms with E-state index in [2.05, 4.69) is 27.3 Å². The van der Waals surface area contributed by atoms with Crippen molar-refractivity contribution < 1.29 is 28.6 Å². The molecule has 1 saturated heterocycles. The molecule has 1 unspecified atom stereocenters. The lowest BCUT2D eigenvalue weighted by molar-refractivity contribution is -0.149. The van der Waals surface area contributed by atoms with Crippen molar-refractivity contribution in [2.45, 2.75) is 63.6 Å². The third-order valence-electron chi connectivity index (χ3n) is 6.61. The molecule has 1 saturated carbocycles. The van der Waals surface area contributed by atoms with E-state index in [1.165, 1.54) is 9.70 Å². The molecule has 2 fully saturated rings. The van der Waals surface area contributed by atoms with Gasteiger partial charge < -0.3 is 19.5 Å². The third kappa shape index (κ3) is 5.48. The quantitative estimate of drug-likeness (QED) is 0.406. The first-order valence-corrected chi connectivity index (χ1v) is 12.6. The molecule has 2 aliphatic rings. The fourth-order valence-electron chi connectivity index (χ4n) is 4.57. The van der Waals surface area contributed by atoms with Crippen LogP contribution in [-0.2, 0) is 19.1 Å². The molecule has 4 rings (SSSR count). The molecule has 0 spiro atoms. The average molecular weight is 527 g/mol. The van der Waals surface area contributed by atoms with Gasteiger partial charge in [0.05, 0.1) is 19.4 Å². The van der Waals surface area contributed by atoms with Crippen LogP contribution in [0.4, 0.5) is 4.79 Å². The molecule has 4 atom stereocenters. The molecule has 204 valence electrons. The lowest BCUT2D eigenvalue weighted by Crippen LogP contribution is -2.53. The number of carbonyl (C=O) groups excluding carboxylic acids is 3. The monoisotopic (exact) mass is 526 g/mol. The number of nitrogens with zero attached hydrogens (tertiary/aromatic N) is 5. The third-order valence-corrected chi connectivity index (χ3v) is 6.61. The van der Waals surface area contributed by atoms with E-state index in [4.69, 9.17) is 14.2 Å². The van der Waals surface area contributed by atoms with Gasteiger partial charge in [-0.1, -0.05) is 6.08 Å². The first-order chi connectivity index (χ1) is 18.0. The van der Waals surface area contributed by atoms with Crippen molar-refractivity contribution in [1.29, 1.82) is 0 Å². The fraction of sp³-hybridized carbons (Fsp3) is 0.538. The van der Waals surface area contributed by atoms with Crippen LogP contribution in [0.5, 0.6) is 5.75 Å². The van der Waals surface area contributed by atoms with E-state index in [-0.39, 0.29) is 31.4 Å². The van der Waals surface area contributed by atoms with Crippen LogP contribution in [0.2, 0.25) is 0 Å². The number of methoxy groups -OCH3 is 1. The number of carbonyl (C=O) groups is 3. The lowest BCUT2D eigenvalue weighted by Gasteiger charge is -2.29. The van der Waals surface area contributed by atoms with Gasteiger partial charge in [-0.25, -0.2) is 9.59 Å². The molecule has 2 aromatic rings. The van der Waals surface area contributed by atoms with Gasteiger partial charge in [0.1, 0.15) is 22.9 Å². The molecule has 38 heavy (non-hydrogen) atoms. The molecule has 12 nitrogen and oxygen atoms in total. The van der Waals surface area contributed by atoms with Crippen LogP contribution >= 0.6 is 0 Å². The van der Waals surface area contributed by atoms with Crippen molar-refractivity contribution in [2.75, 3.05) is 20.3 Å². The summed E-state index contributed by atoms with van der Waals surface area (Å²) in [6.45, 7) is 11.1. The van der Waals surface area contributed by atoms with E-state index in [9.17, 15) is 14.4 Å². The van der Waals surface area contributed by atoms with E-state index >= 15 is 0 Å². The second-order valence-corrected chi connectivity index (χ2v) is 10.4. The molecule has 1 aliphatic heterocycles. The van der Waals surface area contributed by atoms with E-state index in [0.717, 1.165) is 0 Å². The molecular formula is C26H34N6O6. The second kappa shape index (κ2) is 10.4. The molecular weight excluding hydrogens is 492 g/mol. The Morgan fingerprint density at radius 2 is 1.95 bits per heavy atom. The maximum Gasteiger partial charge on any atom is 0.410 e. The summed E-state index contributed by atoms with van der Waals surface area (Å²) >= 11 is 0. The summed E-state index contributed by atoms with van der Waals surface area (Å²) in [7, 11) is 1.58. The van der Waals surface area contributed by atoms with Gasteiger partial charge in [0.2, 0.25) is 5.91 Å². The Kier molecular flexibility index (Phi) is 7.43. The smallest absolute Gasteiger partial charge is 0.410 e. The molecule has 2 heterocycles. The van der Waals surface area contributed by atoms with Crippen molar-refractivity contribution in [3.8, 4) is 11.4 Å². The number of aromatic nitrogens is 4. The predicted molar refractivity (Wildman–Crippen MR) is 136 cm³/mol. The number of likely N-dealkylation sites (tertiary alicyclic amines) is 1. The predicted octanol–water partition coefficient (Wildman–Crippen LogP) is 2.39. The van der Waals surface area contributed by atoms with Crippen LogP contribution in [0.3, 0.4) is 0 Å². The minimum atomic E-state index is -1.18. The summed E-state index contributed by atoms with van der Waals surface area (Å²) in [4.78, 5) is 42.1. The number of hydrogen-bond acceptors (Lipinski definition) is 9. The Bertz CT molecular complexity index is 1210. The Labute approximate surface area is 221 Å². The highest BCUT2D eigenvalue weighted by atomic mass is 16.6. The molecule has 12 heteroatoms. The van der Waals surface area contributed by atoms with Crippen LogP contribution in [0, 0.1) is 5.92 Å². The van der Waals surface area contributed by atoms with Crippen LogP contribution in [-0.4, -0.2) is 80.5 Å². The molecule has 0 radical (unpaired) electrons. The number of esters is 1. The minimum absolute atomic E-state index is 0.151. The van der Waals surface area contributed by atoms with Crippen molar-refractivity contribution in [3.05, 3.63) is 42.7 Å². The van der Waals surface area contributed by atoms with Gasteiger partial charge in [-0.15, -0.1) is 21.6 Å². The second-order valence-electron chi connectivity index (χ2n) is 10.4. The Morgan fingerprint density at radius 1 is 1.24 bits per heavy atom. The zero-order valence-corrected chi connectivity index (χ0v) is 22.3. The van der Waals surface area contributed by atoms with Gasteiger partial charge in [-0.05, 0) is 70.0 Å². The Balaban J connectivity index is 1.56. The highest BCUT2D eigenvalue weighted by molar-refractivity contribution is 5.95. The van der Waals surface area contributed by atoms with Crippen LogP contribution < -0.4 is 10.1 Å². The van der Waals surface area contributed by atoms with Gasteiger partial charge in [-0.2, -0.15) is 0 Å². The highest BCUT2D eigenvalue weighted by Gasteiger charge is 2.62. The van der Waals surface area contributed by atoms with E-state index < -0.39 is 35.2 Å². The highest BCUT2D eigenvalue weighted by Crippen LogP contribution is 2.46. The molecule has 1 aromatic carbocycles. The molecule has 1 N–H and O–H groups in total. The number of ether oxygens (including phenoxy) is 3. The molecule has 1 aliphatic carbocycles. The number of benzene rings is 1. The van der Waals surface area contributed by atoms with Gasteiger partial charge in [0.25, 0.3) is 0 Å². The van der Waals surface area contributed by atoms with Gasteiger partial charge in [0, 0.05) is 18.4 Å². The van der Waals surface area contributed by atoms with Gasteiger partial charge >= 0.3 is 12.1 Å². The summed E-state index contributed by atoms with van der Waals surface area (Å²) < 4.78 is 16.0. The number of hydrogen-bond donors (Lipinski definition) is 1. The number of rotatable bonds is 8. The van der Waals surface area contributed by atoms with Crippen molar-refractivity contribution >= 4 is 18.0 Å². The summed E-state index contributed by atoms with van der Waals surface area (Å²) in [6, 6.07) is 6.25. The summed E-state index contributed by atoms with van der Waals surface area (Å²) in [5.41, 5.74) is -1.26. The Hall–Kier alpha value is -3.96. The largest absolute Gasteiger partial charge is 0.497 e. The molecule has 1 aromatic heterocycles. The zero-order valence-electron chi connectivity index (χ0n) is 22.3. The molecule has 2 amide bonds. The van der Waals surface area contributed by atoms with Gasteiger partial charge in [0.15, 0.2) is 5.82 Å². The number of nitrogens with one attached hydrogen (secondary N) is 1. The topological polar surface area (TPSA) is 138 Å². The average Bonchev–Trinajstić information content (AvgIpc) is 3.21. The fourth-order valence-corrected chi connectivity index (χ4v) is 4.57. The summed E-state index contributed by atoms with van der Waals surface area (Å²) in [6.07, 6.45) is 1.61. The lowest BCUT2D eigenvalue weighted by atomic mass is 10.0. The summed E-state index contributed by atoms with van der Waals surface area (Å²) in [5, 5.41) is 15.7. The number of amides is 2. The van der Waals surface area contributed by atoms with Crippen molar-refractivity contribution in [1.82, 2.24) is 30.4 Å². The normalized spacial score (nSPS) is 24.4. The molecule has 0 bridgehead atoms. The van der Waals surface area contributed by atoms with Crippen LogP contribution in [0.15, 0.2) is 36.9 Å². The summed E-state index contributed by atoms with van der Waals surface area (Å²) in [5.74, 6) is -0.525. The van der Waals surface area contributed by atoms with Crippen LogP contribution in [0.1, 0.15) is 52.3 Å². The zero-order chi connectivity index (χ0) is 27.7. The standard InChI is InChI=1S/C26H34N6O6/c1-7-17-14-26(17,23(34)37-8-2)27-22(33)20-13-16(15-31(20)24(35)38-25(3,4)5)21-28-30-32(29-21)18-9-11-19(36-6)12-10-18/h7,9-12,16-17,20H,1,8,13-15H2,2-6H3,(H,27,33)/t16-,17?,20+,26-/m1/s1. The first-order valence-electron chi connectivity index (χ1n) is 12.6. The van der Waals surface area contributed by atoms with Crippen LogP contribution in [0.25, 0.3) is 5.69 Å². The van der Waals surface area contributed by atoms with E-state index in [0.29, 0.717) is 23.7 Å². The maximum absolute atomic E-state index is 13.5.